The number of carbonyl (C=O) groups excluding carboxylic acids is 1. The third-order valence-electron chi connectivity index (χ3n) is 1.43. The fourth-order valence-corrected chi connectivity index (χ4v) is 0.826. The second kappa shape index (κ2) is 14.3. The van der Waals surface area contributed by atoms with Crippen molar-refractivity contribution in [2.75, 3.05) is 40.1 Å². The molecule has 0 rings (SSSR count). The molecule has 0 bridgehead atoms. The third kappa shape index (κ3) is 17.0. The summed E-state index contributed by atoms with van der Waals surface area (Å²) in [6.45, 7) is 1.98. The average molecular weight is 228 g/mol. The van der Waals surface area contributed by atoms with Gasteiger partial charge in [-0.1, -0.05) is 0 Å². The van der Waals surface area contributed by atoms with Crippen LogP contribution in [0.15, 0.2) is 0 Å². The van der Waals surface area contributed by atoms with E-state index in [2.05, 4.69) is 0 Å². The molecule has 15 heavy (non-hydrogen) atoms. The predicted octanol–water partition coefficient (Wildman–Crippen LogP) is -3.80. The molecule has 84 valence electrons. The summed E-state index contributed by atoms with van der Waals surface area (Å²) in [7, 11) is 1.65. The van der Waals surface area contributed by atoms with Gasteiger partial charge in [0.2, 0.25) is 0 Å². The number of hydrogen-bond donors (Lipinski definition) is 0. The minimum Gasteiger partial charge on any atom is -0.548 e. The van der Waals surface area contributed by atoms with Crippen LogP contribution in [-0.2, 0) is 19.0 Å². The van der Waals surface area contributed by atoms with E-state index in [9.17, 15) is 9.90 Å². The summed E-state index contributed by atoms with van der Waals surface area (Å²) in [5.41, 5.74) is 0. The summed E-state index contributed by atoms with van der Waals surface area (Å²) in [5.74, 6) is -1.19. The van der Waals surface area contributed by atoms with Crippen LogP contribution >= 0.6 is 0 Å². The number of rotatable bonds is 10. The van der Waals surface area contributed by atoms with Crippen molar-refractivity contribution in [3.8, 4) is 0 Å². The van der Waals surface area contributed by atoms with E-state index in [1.54, 1.807) is 7.11 Å². The molecule has 0 saturated carbocycles. The molecule has 0 aromatic heterocycles. The van der Waals surface area contributed by atoms with Crippen molar-refractivity contribution in [1.82, 2.24) is 0 Å². The van der Waals surface area contributed by atoms with Gasteiger partial charge in [-0.3, -0.25) is 0 Å². The Hall–Kier alpha value is 0.350. The topological polar surface area (TPSA) is 67.8 Å². The molecule has 0 heterocycles. The van der Waals surface area contributed by atoms with E-state index in [0.717, 1.165) is 6.42 Å². The molecule has 0 radical (unpaired) electrons. The van der Waals surface area contributed by atoms with Crippen LogP contribution in [0.1, 0.15) is 12.8 Å². The molecule has 0 aromatic carbocycles. The smallest absolute Gasteiger partial charge is 0.548 e. The summed E-state index contributed by atoms with van der Waals surface area (Å²) in [6.07, 6.45) is 1.57. The van der Waals surface area contributed by atoms with Crippen molar-refractivity contribution in [1.29, 1.82) is 0 Å². The van der Waals surface area contributed by atoms with Crippen molar-refractivity contribution in [2.24, 2.45) is 0 Å². The van der Waals surface area contributed by atoms with E-state index < -0.39 is 5.97 Å². The molecule has 0 aromatic rings. The Balaban J connectivity index is 0. The molecule has 0 aliphatic rings. The predicted molar refractivity (Wildman–Crippen MR) is 47.8 cm³/mol. The van der Waals surface area contributed by atoms with Gasteiger partial charge in [-0.25, -0.2) is 0 Å². The van der Waals surface area contributed by atoms with Gasteiger partial charge in [0.05, 0.1) is 12.6 Å². The Morgan fingerprint density at radius 1 is 1.07 bits per heavy atom. The summed E-state index contributed by atoms with van der Waals surface area (Å²) >= 11 is 0. The summed E-state index contributed by atoms with van der Waals surface area (Å²) in [6, 6.07) is 0. The van der Waals surface area contributed by atoms with Crippen LogP contribution in [0.5, 0.6) is 0 Å². The van der Waals surface area contributed by atoms with Crippen LogP contribution in [0.3, 0.4) is 0 Å². The Labute approximate surface area is 112 Å². The number of aliphatic carboxylic acids is 1. The van der Waals surface area contributed by atoms with E-state index in [1.807, 2.05) is 0 Å². The van der Waals surface area contributed by atoms with Gasteiger partial charge in [-0.2, -0.15) is 0 Å². The second-order valence-electron chi connectivity index (χ2n) is 2.74. The van der Waals surface area contributed by atoms with Crippen molar-refractivity contribution in [2.45, 2.75) is 12.8 Å². The van der Waals surface area contributed by atoms with Crippen LogP contribution in [-0.4, -0.2) is 46.1 Å². The van der Waals surface area contributed by atoms with Crippen molar-refractivity contribution < 1.29 is 53.7 Å². The van der Waals surface area contributed by atoms with Crippen LogP contribution in [0.4, 0.5) is 0 Å². The molecule has 0 saturated heterocycles. The number of carbonyl (C=O) groups is 1. The molecule has 0 unspecified atom stereocenters. The summed E-state index contributed by atoms with van der Waals surface area (Å²) in [5, 5.41) is 9.93. The van der Waals surface area contributed by atoms with Crippen molar-refractivity contribution in [3.05, 3.63) is 0 Å². The van der Waals surface area contributed by atoms with Crippen LogP contribution in [0.2, 0.25) is 0 Å². The second-order valence-corrected chi connectivity index (χ2v) is 2.74. The molecule has 6 heteroatoms. The van der Waals surface area contributed by atoms with Crippen LogP contribution < -0.4 is 34.7 Å². The monoisotopic (exact) mass is 228 g/mol. The van der Waals surface area contributed by atoms with E-state index in [0.29, 0.717) is 32.8 Å². The van der Waals surface area contributed by atoms with Crippen molar-refractivity contribution >= 4 is 5.97 Å². The van der Waals surface area contributed by atoms with Gasteiger partial charge in [0.15, 0.2) is 0 Å². The van der Waals surface area contributed by atoms with Gasteiger partial charge in [0.25, 0.3) is 0 Å². The Kier molecular flexibility index (Phi) is 17.0. The van der Waals surface area contributed by atoms with Gasteiger partial charge in [0, 0.05) is 33.5 Å². The van der Waals surface area contributed by atoms with Gasteiger partial charge in [-0.05, 0) is 12.8 Å². The van der Waals surface area contributed by atoms with E-state index >= 15 is 0 Å². The standard InChI is InChI=1S/C9H18O5.Na/c1-12-4-2-5-13-6-3-7-14-8-9(10)11;/h2-8H2,1H3,(H,10,11);/q;+1/p-1. The number of carboxylic acid groups (broad SMARTS) is 1. The quantitative estimate of drug-likeness (QED) is 0.283. The van der Waals surface area contributed by atoms with E-state index in [1.165, 1.54) is 0 Å². The number of methoxy groups -OCH3 is 1. The summed E-state index contributed by atoms with van der Waals surface area (Å²) < 4.78 is 14.8. The first kappa shape index (κ1) is 17.7. The van der Waals surface area contributed by atoms with Crippen molar-refractivity contribution in [3.63, 3.8) is 0 Å². The molecule has 0 aliphatic carbocycles. The van der Waals surface area contributed by atoms with E-state index in [4.69, 9.17) is 14.2 Å². The van der Waals surface area contributed by atoms with Crippen LogP contribution in [0, 0.1) is 0 Å². The first-order valence-corrected chi connectivity index (χ1v) is 4.61. The molecule has 0 spiro atoms. The molecule has 0 amide bonds. The minimum absolute atomic E-state index is 0. The van der Waals surface area contributed by atoms with Gasteiger partial charge in [0.1, 0.15) is 0 Å². The summed E-state index contributed by atoms with van der Waals surface area (Å²) in [4.78, 5) is 9.93. The Morgan fingerprint density at radius 2 is 1.60 bits per heavy atom. The normalized spacial score (nSPS) is 9.67. The molecule has 0 fully saturated rings. The molecular weight excluding hydrogens is 211 g/mol. The minimum atomic E-state index is -1.19. The van der Waals surface area contributed by atoms with E-state index in [-0.39, 0.29) is 36.2 Å². The zero-order chi connectivity index (χ0) is 10.6. The van der Waals surface area contributed by atoms with Gasteiger partial charge >= 0.3 is 29.6 Å². The SMILES string of the molecule is COCCCOCCCOCC(=O)[O-].[Na+]. The third-order valence-corrected chi connectivity index (χ3v) is 1.43. The van der Waals surface area contributed by atoms with Gasteiger partial charge < -0.3 is 24.1 Å². The maximum absolute atomic E-state index is 9.93. The first-order valence-electron chi connectivity index (χ1n) is 4.61. The number of ether oxygens (including phenoxy) is 3. The van der Waals surface area contributed by atoms with Gasteiger partial charge in [-0.15, -0.1) is 0 Å². The fourth-order valence-electron chi connectivity index (χ4n) is 0.826. The number of carboxylic acids is 1. The molecule has 5 nitrogen and oxygen atoms in total. The molecule has 0 N–H and O–H groups in total. The zero-order valence-electron chi connectivity index (χ0n) is 9.49. The molecule has 0 atom stereocenters. The average Bonchev–Trinajstić information content (AvgIpc) is 2.15. The first-order chi connectivity index (χ1) is 6.77. The maximum atomic E-state index is 9.93. The molecule has 0 aliphatic heterocycles. The number of hydrogen-bond acceptors (Lipinski definition) is 5. The Morgan fingerprint density at radius 3 is 2.13 bits per heavy atom. The molecular formula is C9H17NaO5. The Bertz CT molecular complexity index is 142. The maximum Gasteiger partial charge on any atom is 1.00 e. The van der Waals surface area contributed by atoms with Crippen LogP contribution in [0.25, 0.3) is 0 Å². The fraction of sp³-hybridized carbons (Fsp3) is 0.889. The largest absolute Gasteiger partial charge is 1.00 e. The zero-order valence-corrected chi connectivity index (χ0v) is 11.5.